The number of furan rings is 1. The molecule has 0 aliphatic rings. The summed E-state index contributed by atoms with van der Waals surface area (Å²) in [6, 6.07) is 30.7. The zero-order valence-corrected chi connectivity index (χ0v) is 19.6. The van der Waals surface area contributed by atoms with Crippen LogP contribution in [0.15, 0.2) is 102 Å². The van der Waals surface area contributed by atoms with Gasteiger partial charge >= 0.3 is 0 Å². The molecule has 0 aliphatic carbocycles. The molecule has 2 nitrogen and oxygen atoms in total. The van der Waals surface area contributed by atoms with Crippen molar-refractivity contribution in [2.45, 2.75) is 27.1 Å². The summed E-state index contributed by atoms with van der Waals surface area (Å²) in [7, 11) is 0. The highest BCUT2D eigenvalue weighted by Gasteiger charge is 2.13. The summed E-state index contributed by atoms with van der Waals surface area (Å²) < 4.78 is 23.3. The van der Waals surface area contributed by atoms with Crippen LogP contribution in [0.25, 0.3) is 55.1 Å². The summed E-state index contributed by atoms with van der Waals surface area (Å²) >= 11 is 0. The van der Waals surface area contributed by atoms with E-state index in [0.717, 1.165) is 44.3 Å². The molecule has 166 valence electrons. The lowest BCUT2D eigenvalue weighted by Gasteiger charge is -2.18. The molecule has 0 fully saturated rings. The molecule has 2 heteroatoms. The Kier molecular flexibility index (Phi) is 4.27. The molecular weight excluding hydrogens is 414 g/mol. The van der Waals surface area contributed by atoms with Gasteiger partial charge in [0.25, 0.3) is 0 Å². The molecule has 0 aliphatic heterocycles. The normalized spacial score (nSPS) is 13.4. The van der Waals surface area contributed by atoms with E-state index in [4.69, 9.17) is 7.16 Å². The van der Waals surface area contributed by atoms with Crippen LogP contribution in [0.3, 0.4) is 0 Å². The first-order valence-corrected chi connectivity index (χ1v) is 11.6. The van der Waals surface area contributed by atoms with E-state index in [9.17, 15) is 0 Å². The van der Waals surface area contributed by atoms with E-state index < -0.39 is 11.8 Å². The Balaban J connectivity index is 1.39. The van der Waals surface area contributed by atoms with Crippen molar-refractivity contribution in [1.82, 2.24) is 4.98 Å². The van der Waals surface area contributed by atoms with Crippen molar-refractivity contribution in [3.05, 3.63) is 103 Å². The van der Waals surface area contributed by atoms with E-state index in [1.54, 1.807) is 0 Å². The third-order valence-electron chi connectivity index (χ3n) is 6.15. The monoisotopic (exact) mass is 443 g/mol. The number of nitrogens with zero attached hydrogens (tertiary/aromatic N) is 1. The van der Waals surface area contributed by atoms with Crippen LogP contribution in [0.4, 0.5) is 0 Å². The Morgan fingerprint density at radius 2 is 1.53 bits per heavy atom. The van der Waals surface area contributed by atoms with Crippen LogP contribution >= 0.6 is 0 Å². The van der Waals surface area contributed by atoms with E-state index in [1.807, 2.05) is 63.4 Å². The molecule has 0 atom stereocenters. The maximum Gasteiger partial charge on any atom is 0.136 e. The molecule has 2 heterocycles. The second-order valence-electron chi connectivity index (χ2n) is 9.85. The smallest absolute Gasteiger partial charge is 0.136 e. The topological polar surface area (TPSA) is 26.0 Å². The fourth-order valence-corrected chi connectivity index (χ4v) is 4.65. The van der Waals surface area contributed by atoms with E-state index >= 15 is 0 Å². The Morgan fingerprint density at radius 1 is 0.735 bits per heavy atom. The van der Waals surface area contributed by atoms with Crippen molar-refractivity contribution in [3.8, 4) is 22.4 Å². The summed E-state index contributed by atoms with van der Waals surface area (Å²) in [5, 5.41) is 4.64. The second-order valence-corrected chi connectivity index (χ2v) is 9.85. The van der Waals surface area contributed by atoms with Gasteiger partial charge in [-0.3, -0.25) is 4.98 Å². The fourth-order valence-electron chi connectivity index (χ4n) is 4.65. The zero-order valence-electron chi connectivity index (χ0n) is 21.6. The zero-order chi connectivity index (χ0) is 25.1. The summed E-state index contributed by atoms with van der Waals surface area (Å²) in [5.41, 5.74) is 5.87. The van der Waals surface area contributed by atoms with Crippen molar-refractivity contribution in [1.29, 1.82) is 0 Å². The summed E-state index contributed by atoms with van der Waals surface area (Å²) in [5.74, 6) is 0. The summed E-state index contributed by atoms with van der Waals surface area (Å²) in [6.07, 6.45) is 0.408. The van der Waals surface area contributed by atoms with Gasteiger partial charge in [-0.15, -0.1) is 0 Å². The van der Waals surface area contributed by atoms with Crippen LogP contribution in [-0.4, -0.2) is 4.98 Å². The highest BCUT2D eigenvalue weighted by molar-refractivity contribution is 6.19. The number of hydrogen-bond acceptors (Lipinski definition) is 2. The van der Waals surface area contributed by atoms with Crippen LogP contribution < -0.4 is 0 Å². The van der Waals surface area contributed by atoms with Crippen LogP contribution in [0.2, 0.25) is 0 Å². The Morgan fingerprint density at radius 3 is 2.35 bits per heavy atom. The number of pyridine rings is 1. The van der Waals surface area contributed by atoms with E-state index in [0.29, 0.717) is 5.56 Å². The van der Waals surface area contributed by atoms with Gasteiger partial charge in [0.15, 0.2) is 0 Å². The van der Waals surface area contributed by atoms with Crippen molar-refractivity contribution < 1.29 is 7.16 Å². The van der Waals surface area contributed by atoms with Crippen molar-refractivity contribution in [2.75, 3.05) is 0 Å². The van der Waals surface area contributed by atoms with Crippen molar-refractivity contribution in [2.24, 2.45) is 5.41 Å². The third kappa shape index (κ3) is 3.76. The van der Waals surface area contributed by atoms with Crippen LogP contribution in [0, 0.1) is 5.41 Å². The maximum atomic E-state index is 8.54. The lowest BCUT2D eigenvalue weighted by molar-refractivity contribution is 0.411. The highest BCUT2D eigenvalue weighted by atomic mass is 16.3. The van der Waals surface area contributed by atoms with Gasteiger partial charge in [-0.25, -0.2) is 0 Å². The minimum Gasteiger partial charge on any atom is -0.456 e. The molecule has 4 aromatic carbocycles. The highest BCUT2D eigenvalue weighted by Crippen LogP contribution is 2.36. The predicted molar refractivity (Wildman–Crippen MR) is 143 cm³/mol. The van der Waals surface area contributed by atoms with E-state index in [-0.39, 0.29) is 0 Å². The molecule has 6 aromatic rings. The number of hydrogen-bond donors (Lipinski definition) is 0. The lowest BCUT2D eigenvalue weighted by atomic mass is 9.87. The molecule has 0 radical (unpaired) electrons. The van der Waals surface area contributed by atoms with Gasteiger partial charge < -0.3 is 4.42 Å². The van der Waals surface area contributed by atoms with Gasteiger partial charge in [0, 0.05) is 25.3 Å². The van der Waals surface area contributed by atoms with Gasteiger partial charge in [0.1, 0.15) is 11.2 Å². The van der Waals surface area contributed by atoms with Crippen molar-refractivity contribution in [3.63, 3.8) is 0 Å². The van der Waals surface area contributed by atoms with Crippen molar-refractivity contribution >= 4 is 32.7 Å². The molecular formula is C32H27NO. The summed E-state index contributed by atoms with van der Waals surface area (Å²) in [6.45, 7) is 5.78. The molecule has 6 rings (SSSR count). The number of aromatic nitrogens is 1. The predicted octanol–water partition coefficient (Wildman–Crippen LogP) is 9.06. The van der Waals surface area contributed by atoms with E-state index in [1.165, 1.54) is 10.8 Å². The average Bonchev–Trinajstić information content (AvgIpc) is 3.26. The molecule has 0 amide bonds. The molecule has 0 saturated heterocycles. The first kappa shape index (κ1) is 18.5. The van der Waals surface area contributed by atoms with E-state index in [2.05, 4.69) is 59.6 Å². The first-order valence-electron chi connectivity index (χ1n) is 12.6. The van der Waals surface area contributed by atoms with Crippen LogP contribution in [0.5, 0.6) is 0 Å². The van der Waals surface area contributed by atoms with Gasteiger partial charge in [0.05, 0.1) is 5.69 Å². The Labute approximate surface area is 202 Å². The Bertz CT molecular complexity index is 1740. The minimum absolute atomic E-state index is 0.486. The average molecular weight is 444 g/mol. The third-order valence-corrected chi connectivity index (χ3v) is 6.15. The second kappa shape index (κ2) is 7.85. The standard InChI is InChI=1S/C32H27NO/c1-32(2,3)20-21-8-10-22(11-9-21)24-16-17-33-28(18-24)25-12-14-27-30(19-25)34-29-15-13-23-6-4-5-7-26(23)31(27)29/h4-19H,20H2,1-3H3/i20D2. The SMILES string of the molecule is [2H]C([2H])(c1ccc(-c2ccnc(-c3ccc4c(c3)oc3ccc5ccccc5c34)c2)cc1)C(C)(C)C. The molecule has 0 unspecified atom stereocenters. The van der Waals surface area contributed by atoms with Gasteiger partial charge in [-0.2, -0.15) is 0 Å². The molecule has 34 heavy (non-hydrogen) atoms. The maximum absolute atomic E-state index is 8.54. The largest absolute Gasteiger partial charge is 0.456 e. The number of rotatable bonds is 3. The number of fused-ring (bicyclic) bond motifs is 5. The lowest BCUT2D eigenvalue weighted by Crippen LogP contribution is -2.08. The molecule has 0 N–H and O–H groups in total. The molecule has 0 spiro atoms. The van der Waals surface area contributed by atoms with Crippen LogP contribution in [0.1, 0.15) is 29.1 Å². The fraction of sp³-hybridized carbons (Fsp3) is 0.156. The number of benzene rings is 4. The van der Waals surface area contributed by atoms with Gasteiger partial charge in [-0.1, -0.05) is 81.4 Å². The van der Waals surface area contributed by atoms with Gasteiger partial charge in [0.2, 0.25) is 0 Å². The summed E-state index contributed by atoms with van der Waals surface area (Å²) in [4.78, 5) is 4.63. The quantitative estimate of drug-likeness (QED) is 0.273. The van der Waals surface area contributed by atoms with Gasteiger partial charge in [-0.05, 0) is 69.6 Å². The molecule has 2 aromatic heterocycles. The first-order chi connectivity index (χ1) is 17.2. The molecule has 0 saturated carbocycles. The minimum atomic E-state index is -1.41. The Hall–Kier alpha value is -3.91. The van der Waals surface area contributed by atoms with Crippen LogP contribution in [-0.2, 0) is 6.37 Å². The molecule has 0 bridgehead atoms.